The summed E-state index contributed by atoms with van der Waals surface area (Å²) in [5.74, 6) is 0.0430. The maximum Gasteiger partial charge on any atom is 0.341 e. The highest BCUT2D eigenvalue weighted by atomic mass is 16.6. The number of aromatic nitrogens is 1. The van der Waals surface area contributed by atoms with Crippen molar-refractivity contribution in [2.45, 2.75) is 31.6 Å². The Morgan fingerprint density at radius 2 is 1.91 bits per heavy atom. The first-order valence-corrected chi connectivity index (χ1v) is 10.8. The summed E-state index contributed by atoms with van der Waals surface area (Å²) in [5, 5.41) is 13.4. The van der Waals surface area contributed by atoms with E-state index in [-0.39, 0.29) is 6.61 Å². The Balaban J connectivity index is 1.45. The number of oxime groups is 1. The van der Waals surface area contributed by atoms with Crippen LogP contribution in [-0.2, 0) is 16.1 Å². The van der Waals surface area contributed by atoms with Gasteiger partial charge in [0.25, 0.3) is 0 Å². The van der Waals surface area contributed by atoms with E-state index in [1.54, 1.807) is 12.4 Å². The number of aliphatic carboxylic acids is 1. The van der Waals surface area contributed by atoms with Crippen LogP contribution in [0.25, 0.3) is 0 Å². The monoisotopic (exact) mass is 430 g/mol. The van der Waals surface area contributed by atoms with Crippen LogP contribution < -0.4 is 4.74 Å². The lowest BCUT2D eigenvalue weighted by molar-refractivity contribution is -0.139. The van der Waals surface area contributed by atoms with E-state index in [4.69, 9.17) is 14.7 Å². The number of hydrogen-bond acceptors (Lipinski definition) is 5. The minimum atomic E-state index is -0.968. The summed E-state index contributed by atoms with van der Waals surface area (Å²) < 4.78 is 5.51. The summed E-state index contributed by atoms with van der Waals surface area (Å²) in [7, 11) is 0. The van der Waals surface area contributed by atoms with Crippen LogP contribution >= 0.6 is 0 Å². The van der Waals surface area contributed by atoms with Gasteiger partial charge >= 0.3 is 5.97 Å². The fraction of sp³-hybridized carbons (Fsp3) is 0.269. The van der Waals surface area contributed by atoms with Crippen molar-refractivity contribution < 1.29 is 19.5 Å². The smallest absolute Gasteiger partial charge is 0.341 e. The maximum absolute atomic E-state index is 10.9. The lowest BCUT2D eigenvalue weighted by atomic mass is 9.81. The first-order valence-electron chi connectivity index (χ1n) is 10.8. The minimum Gasteiger partial charge on any atom is -0.482 e. The first-order chi connectivity index (χ1) is 15.7. The molecule has 0 fully saturated rings. The highest BCUT2D eigenvalue weighted by Crippen LogP contribution is 2.38. The molecule has 0 saturated heterocycles. The van der Waals surface area contributed by atoms with Gasteiger partial charge in [-0.1, -0.05) is 47.6 Å². The van der Waals surface area contributed by atoms with Crippen LogP contribution in [0.4, 0.5) is 0 Å². The third-order valence-electron chi connectivity index (χ3n) is 5.64. The van der Waals surface area contributed by atoms with Crippen molar-refractivity contribution in [3.8, 4) is 5.75 Å². The molecule has 3 aromatic rings. The highest BCUT2D eigenvalue weighted by Gasteiger charge is 2.23. The highest BCUT2D eigenvalue weighted by molar-refractivity contribution is 6.12. The predicted octanol–water partition coefficient (Wildman–Crippen LogP) is 4.82. The van der Waals surface area contributed by atoms with E-state index >= 15 is 0 Å². The van der Waals surface area contributed by atoms with E-state index in [1.807, 2.05) is 54.6 Å². The number of nitrogens with zero attached hydrogens (tertiary/aromatic N) is 2. The molecule has 32 heavy (non-hydrogen) atoms. The molecule has 1 unspecified atom stereocenters. The van der Waals surface area contributed by atoms with Crippen LogP contribution in [-0.4, -0.2) is 35.0 Å². The second-order valence-electron chi connectivity index (χ2n) is 7.77. The fourth-order valence-electron chi connectivity index (χ4n) is 4.16. The summed E-state index contributed by atoms with van der Waals surface area (Å²) in [5.41, 5.74) is 4.98. The number of benzene rings is 2. The Morgan fingerprint density at radius 1 is 1.06 bits per heavy atom. The number of carbonyl (C=O) groups is 1. The van der Waals surface area contributed by atoms with E-state index < -0.39 is 5.97 Å². The van der Waals surface area contributed by atoms with E-state index in [0.717, 1.165) is 48.1 Å². The minimum absolute atomic E-state index is 0.324. The van der Waals surface area contributed by atoms with Crippen LogP contribution in [0.1, 0.15) is 47.4 Å². The molecule has 0 saturated carbocycles. The molecular weight excluding hydrogens is 404 g/mol. The summed E-state index contributed by atoms with van der Waals surface area (Å²) in [6.07, 6.45) is 7.36. The number of fused-ring (bicyclic) bond motifs is 1. The van der Waals surface area contributed by atoms with E-state index in [2.05, 4.69) is 16.2 Å². The van der Waals surface area contributed by atoms with Gasteiger partial charge in [-0.25, -0.2) is 4.79 Å². The molecule has 164 valence electrons. The van der Waals surface area contributed by atoms with Crippen LogP contribution in [0.5, 0.6) is 5.75 Å². The molecule has 6 heteroatoms. The molecule has 1 atom stereocenters. The molecule has 4 rings (SSSR count). The van der Waals surface area contributed by atoms with Gasteiger partial charge in [-0.05, 0) is 60.9 Å². The Bertz CT molecular complexity index is 1030. The van der Waals surface area contributed by atoms with Crippen LogP contribution in [0.15, 0.2) is 78.2 Å². The number of carboxylic acid groups (broad SMARTS) is 1. The molecular formula is C26H26N2O4. The Hall–Kier alpha value is -3.67. The van der Waals surface area contributed by atoms with Crippen molar-refractivity contribution in [3.05, 3.63) is 95.3 Å². The third kappa shape index (κ3) is 5.32. The van der Waals surface area contributed by atoms with Gasteiger partial charge in [0.2, 0.25) is 0 Å². The first kappa shape index (κ1) is 21.6. The lowest BCUT2D eigenvalue weighted by Crippen LogP contribution is -2.15. The Labute approximate surface area is 187 Å². The van der Waals surface area contributed by atoms with Gasteiger partial charge in [0, 0.05) is 23.5 Å². The molecule has 0 aliphatic heterocycles. The zero-order valence-electron chi connectivity index (χ0n) is 17.8. The van der Waals surface area contributed by atoms with Crippen LogP contribution in [0.2, 0.25) is 0 Å². The van der Waals surface area contributed by atoms with Gasteiger partial charge in [-0.3, -0.25) is 4.98 Å². The molecule has 2 aromatic carbocycles. The number of rotatable bonds is 9. The summed E-state index contributed by atoms with van der Waals surface area (Å²) in [6.45, 7) is 0.163. The summed E-state index contributed by atoms with van der Waals surface area (Å²) in [6, 6.07) is 19.7. The van der Waals surface area contributed by atoms with Crippen molar-refractivity contribution in [1.82, 2.24) is 4.98 Å². The average Bonchev–Trinajstić information content (AvgIpc) is 2.84. The Morgan fingerprint density at radius 3 is 2.69 bits per heavy atom. The van der Waals surface area contributed by atoms with Crippen LogP contribution in [0, 0.1) is 0 Å². The van der Waals surface area contributed by atoms with Gasteiger partial charge in [-0.15, -0.1) is 0 Å². The quantitative estimate of drug-likeness (QED) is 0.299. The zero-order valence-corrected chi connectivity index (χ0v) is 17.8. The second-order valence-corrected chi connectivity index (χ2v) is 7.77. The largest absolute Gasteiger partial charge is 0.482 e. The fourth-order valence-corrected chi connectivity index (χ4v) is 4.16. The van der Waals surface area contributed by atoms with E-state index in [9.17, 15) is 4.79 Å². The Kier molecular flexibility index (Phi) is 7.12. The van der Waals surface area contributed by atoms with Crippen molar-refractivity contribution in [3.63, 3.8) is 0 Å². The number of carboxylic acids is 1. The molecule has 0 spiro atoms. The van der Waals surface area contributed by atoms with Crippen molar-refractivity contribution in [2.75, 3.05) is 13.2 Å². The summed E-state index contributed by atoms with van der Waals surface area (Å²) in [4.78, 5) is 20.9. The van der Waals surface area contributed by atoms with E-state index in [1.165, 1.54) is 5.56 Å². The van der Waals surface area contributed by atoms with Gasteiger partial charge in [0.05, 0.1) is 0 Å². The zero-order chi connectivity index (χ0) is 22.2. The molecule has 1 N–H and O–H groups in total. The molecule has 0 radical (unpaired) electrons. The van der Waals surface area contributed by atoms with Crippen molar-refractivity contribution >= 4 is 11.7 Å². The van der Waals surface area contributed by atoms with Crippen LogP contribution in [0.3, 0.4) is 0 Å². The summed E-state index contributed by atoms with van der Waals surface area (Å²) >= 11 is 0. The molecule has 0 amide bonds. The van der Waals surface area contributed by atoms with E-state index in [0.29, 0.717) is 18.3 Å². The topological polar surface area (TPSA) is 81.0 Å². The molecule has 1 aliphatic carbocycles. The molecule has 1 aliphatic rings. The number of ether oxygens (including phenoxy) is 1. The van der Waals surface area contributed by atoms with Gasteiger partial charge in [0.15, 0.2) is 6.61 Å². The van der Waals surface area contributed by atoms with Gasteiger partial charge in [-0.2, -0.15) is 0 Å². The molecule has 6 nitrogen and oxygen atoms in total. The van der Waals surface area contributed by atoms with Gasteiger partial charge in [0.1, 0.15) is 18.1 Å². The molecule has 0 bridgehead atoms. The van der Waals surface area contributed by atoms with Gasteiger partial charge < -0.3 is 14.7 Å². The molecule has 1 aromatic heterocycles. The normalized spacial score (nSPS) is 15.6. The third-order valence-corrected chi connectivity index (χ3v) is 5.64. The standard InChI is InChI=1S/C26H26N2O4/c29-25(30)18-31-24-13-5-11-22-19(9-4-12-23(22)24)14-16-32-28-26(20-7-2-1-3-8-20)21-10-6-15-27-17-21/h1-3,5-8,10-11,13,15,17,19H,4,9,12,14,16,18H2,(H,29,30)/b28-26-. The number of hydrogen-bond donors (Lipinski definition) is 1. The number of pyridine rings is 1. The molecule has 1 heterocycles. The average molecular weight is 431 g/mol. The second kappa shape index (κ2) is 10.6. The maximum atomic E-state index is 10.9. The predicted molar refractivity (Wildman–Crippen MR) is 122 cm³/mol. The van der Waals surface area contributed by atoms with Crippen molar-refractivity contribution in [2.24, 2.45) is 5.16 Å². The SMILES string of the molecule is O=C(O)COc1cccc2c1CCCC2CCO/N=C(/c1ccccc1)c1cccnc1. The van der Waals surface area contributed by atoms with Crippen molar-refractivity contribution in [1.29, 1.82) is 0 Å². The lowest BCUT2D eigenvalue weighted by Gasteiger charge is -2.26.